The van der Waals surface area contributed by atoms with Crippen molar-refractivity contribution in [1.82, 2.24) is 5.32 Å². The van der Waals surface area contributed by atoms with Crippen LogP contribution in [0.1, 0.15) is 49.9 Å². The Bertz CT molecular complexity index is 413. The standard InChI is InChI=1S/C16H23NO2/c1-3-10-19-15-8-5-13(6-9-15)16(18)17-14-7-4-12(2)11-14/h5-6,8-9,12,14H,3-4,7,10-11H2,1-2H3,(H,17,18). The second-order valence-corrected chi connectivity index (χ2v) is 5.46. The molecule has 1 aromatic carbocycles. The van der Waals surface area contributed by atoms with Crippen LogP contribution >= 0.6 is 0 Å². The van der Waals surface area contributed by atoms with E-state index in [1.54, 1.807) is 0 Å². The number of benzene rings is 1. The third kappa shape index (κ3) is 3.98. The number of ether oxygens (including phenoxy) is 1. The van der Waals surface area contributed by atoms with Crippen molar-refractivity contribution in [1.29, 1.82) is 0 Å². The number of carbonyl (C=O) groups excluding carboxylic acids is 1. The molecule has 19 heavy (non-hydrogen) atoms. The van der Waals surface area contributed by atoms with E-state index in [2.05, 4.69) is 19.2 Å². The van der Waals surface area contributed by atoms with Crippen molar-refractivity contribution in [2.75, 3.05) is 6.61 Å². The summed E-state index contributed by atoms with van der Waals surface area (Å²) < 4.78 is 5.51. The number of rotatable bonds is 5. The second kappa shape index (κ2) is 6.60. The maximum absolute atomic E-state index is 12.1. The summed E-state index contributed by atoms with van der Waals surface area (Å²) in [6.45, 7) is 5.03. The molecule has 0 aliphatic heterocycles. The first-order valence-electron chi connectivity index (χ1n) is 7.22. The Hall–Kier alpha value is -1.51. The lowest BCUT2D eigenvalue weighted by Crippen LogP contribution is -2.32. The third-order valence-corrected chi connectivity index (χ3v) is 3.62. The van der Waals surface area contributed by atoms with Gasteiger partial charge in [0.1, 0.15) is 5.75 Å². The highest BCUT2D eigenvalue weighted by Crippen LogP contribution is 2.24. The van der Waals surface area contributed by atoms with Crippen LogP contribution in [0.5, 0.6) is 5.75 Å². The molecule has 0 saturated heterocycles. The van der Waals surface area contributed by atoms with Gasteiger partial charge in [-0.25, -0.2) is 0 Å². The molecule has 0 bridgehead atoms. The van der Waals surface area contributed by atoms with E-state index in [1.165, 1.54) is 6.42 Å². The van der Waals surface area contributed by atoms with Crippen LogP contribution in [0, 0.1) is 5.92 Å². The topological polar surface area (TPSA) is 38.3 Å². The lowest BCUT2D eigenvalue weighted by molar-refractivity contribution is 0.0937. The molecule has 2 rings (SSSR count). The molecule has 3 heteroatoms. The van der Waals surface area contributed by atoms with Gasteiger partial charge in [0, 0.05) is 11.6 Å². The molecule has 1 saturated carbocycles. The van der Waals surface area contributed by atoms with E-state index in [4.69, 9.17) is 4.74 Å². The van der Waals surface area contributed by atoms with Crippen molar-refractivity contribution in [3.8, 4) is 5.75 Å². The SMILES string of the molecule is CCCOc1ccc(C(=O)NC2CCC(C)C2)cc1. The molecular weight excluding hydrogens is 238 g/mol. The highest BCUT2D eigenvalue weighted by atomic mass is 16.5. The Morgan fingerprint density at radius 2 is 2.05 bits per heavy atom. The normalized spacial score (nSPS) is 22.2. The fourth-order valence-electron chi connectivity index (χ4n) is 2.53. The summed E-state index contributed by atoms with van der Waals surface area (Å²) in [4.78, 5) is 12.1. The fraction of sp³-hybridized carbons (Fsp3) is 0.562. The first kappa shape index (κ1) is 13.9. The minimum Gasteiger partial charge on any atom is -0.494 e. The first-order chi connectivity index (χ1) is 9.19. The van der Waals surface area contributed by atoms with Gasteiger partial charge in [-0.3, -0.25) is 4.79 Å². The Morgan fingerprint density at radius 3 is 2.63 bits per heavy atom. The largest absolute Gasteiger partial charge is 0.494 e. The smallest absolute Gasteiger partial charge is 0.251 e. The van der Waals surface area contributed by atoms with Gasteiger partial charge in [-0.15, -0.1) is 0 Å². The van der Waals surface area contributed by atoms with Gasteiger partial charge in [-0.05, 0) is 55.9 Å². The summed E-state index contributed by atoms with van der Waals surface area (Å²) in [5.74, 6) is 1.59. The Kier molecular flexibility index (Phi) is 4.83. The van der Waals surface area contributed by atoms with E-state index in [0.29, 0.717) is 18.2 Å². The van der Waals surface area contributed by atoms with Gasteiger partial charge in [-0.1, -0.05) is 13.8 Å². The number of hydrogen-bond donors (Lipinski definition) is 1. The van der Waals surface area contributed by atoms with E-state index in [1.807, 2.05) is 24.3 Å². The molecule has 1 N–H and O–H groups in total. The predicted octanol–water partition coefficient (Wildman–Crippen LogP) is 3.39. The molecule has 0 spiro atoms. The minimum atomic E-state index is 0.0288. The zero-order valence-electron chi connectivity index (χ0n) is 11.8. The lowest BCUT2D eigenvalue weighted by atomic mass is 10.1. The molecule has 0 radical (unpaired) electrons. The van der Waals surface area contributed by atoms with Crippen LogP contribution < -0.4 is 10.1 Å². The zero-order chi connectivity index (χ0) is 13.7. The van der Waals surface area contributed by atoms with E-state index in [-0.39, 0.29) is 5.91 Å². The quantitative estimate of drug-likeness (QED) is 0.882. The molecule has 0 aromatic heterocycles. The maximum atomic E-state index is 12.1. The van der Waals surface area contributed by atoms with Crippen molar-refractivity contribution in [2.45, 2.75) is 45.6 Å². The molecule has 1 aliphatic carbocycles. The summed E-state index contributed by atoms with van der Waals surface area (Å²) in [6, 6.07) is 7.74. The highest BCUT2D eigenvalue weighted by molar-refractivity contribution is 5.94. The van der Waals surface area contributed by atoms with Gasteiger partial charge in [0.25, 0.3) is 5.91 Å². The molecule has 3 nitrogen and oxygen atoms in total. The average Bonchev–Trinajstić information content (AvgIpc) is 2.82. The second-order valence-electron chi connectivity index (χ2n) is 5.46. The predicted molar refractivity (Wildman–Crippen MR) is 76.5 cm³/mol. The summed E-state index contributed by atoms with van der Waals surface area (Å²) in [5.41, 5.74) is 0.711. The number of carbonyl (C=O) groups is 1. The minimum absolute atomic E-state index is 0.0288. The number of nitrogens with one attached hydrogen (secondary N) is 1. The first-order valence-corrected chi connectivity index (χ1v) is 7.22. The average molecular weight is 261 g/mol. The summed E-state index contributed by atoms with van der Waals surface area (Å²) in [5, 5.41) is 3.11. The molecule has 1 fully saturated rings. The lowest BCUT2D eigenvalue weighted by Gasteiger charge is -2.12. The van der Waals surface area contributed by atoms with Crippen LogP contribution in [-0.2, 0) is 0 Å². The van der Waals surface area contributed by atoms with E-state index >= 15 is 0 Å². The van der Waals surface area contributed by atoms with Crippen molar-refractivity contribution in [3.63, 3.8) is 0 Å². The van der Waals surface area contributed by atoms with Gasteiger partial charge in [0.15, 0.2) is 0 Å². The Labute approximate surface area is 115 Å². The third-order valence-electron chi connectivity index (χ3n) is 3.62. The van der Waals surface area contributed by atoms with Crippen LogP contribution in [0.15, 0.2) is 24.3 Å². The summed E-state index contributed by atoms with van der Waals surface area (Å²) in [7, 11) is 0. The van der Waals surface area contributed by atoms with Crippen molar-refractivity contribution in [2.24, 2.45) is 5.92 Å². The molecule has 2 atom stereocenters. The van der Waals surface area contributed by atoms with Crippen LogP contribution in [0.4, 0.5) is 0 Å². The summed E-state index contributed by atoms with van der Waals surface area (Å²) in [6.07, 6.45) is 4.41. The molecule has 1 aliphatic rings. The van der Waals surface area contributed by atoms with E-state index in [9.17, 15) is 4.79 Å². The highest BCUT2D eigenvalue weighted by Gasteiger charge is 2.22. The molecule has 2 unspecified atom stereocenters. The molecule has 0 heterocycles. The number of amides is 1. The van der Waals surface area contributed by atoms with Gasteiger partial charge >= 0.3 is 0 Å². The van der Waals surface area contributed by atoms with Gasteiger partial charge in [-0.2, -0.15) is 0 Å². The molecule has 104 valence electrons. The van der Waals surface area contributed by atoms with E-state index < -0.39 is 0 Å². The van der Waals surface area contributed by atoms with Gasteiger partial charge in [0.05, 0.1) is 6.61 Å². The summed E-state index contributed by atoms with van der Waals surface area (Å²) >= 11 is 0. The Balaban J connectivity index is 1.88. The fourth-order valence-corrected chi connectivity index (χ4v) is 2.53. The van der Waals surface area contributed by atoms with E-state index in [0.717, 1.165) is 30.9 Å². The Morgan fingerprint density at radius 1 is 1.32 bits per heavy atom. The maximum Gasteiger partial charge on any atom is 0.251 e. The molecule has 1 amide bonds. The van der Waals surface area contributed by atoms with Crippen molar-refractivity contribution < 1.29 is 9.53 Å². The monoisotopic (exact) mass is 261 g/mol. The molecular formula is C16H23NO2. The van der Waals surface area contributed by atoms with Crippen LogP contribution in [0.3, 0.4) is 0 Å². The van der Waals surface area contributed by atoms with Crippen LogP contribution in [0.2, 0.25) is 0 Å². The van der Waals surface area contributed by atoms with Gasteiger partial charge in [0.2, 0.25) is 0 Å². The molecule has 1 aromatic rings. The van der Waals surface area contributed by atoms with Crippen LogP contribution in [-0.4, -0.2) is 18.6 Å². The number of hydrogen-bond acceptors (Lipinski definition) is 2. The van der Waals surface area contributed by atoms with Crippen LogP contribution in [0.25, 0.3) is 0 Å². The van der Waals surface area contributed by atoms with Crippen molar-refractivity contribution >= 4 is 5.91 Å². The van der Waals surface area contributed by atoms with Gasteiger partial charge < -0.3 is 10.1 Å². The zero-order valence-corrected chi connectivity index (χ0v) is 11.8. The van der Waals surface area contributed by atoms with Crippen molar-refractivity contribution in [3.05, 3.63) is 29.8 Å².